The van der Waals surface area contributed by atoms with Crippen LogP contribution in [0.2, 0.25) is 0 Å². The van der Waals surface area contributed by atoms with Crippen molar-refractivity contribution in [3.63, 3.8) is 0 Å². The highest BCUT2D eigenvalue weighted by Gasteiger charge is 2.01. The second-order valence-electron chi connectivity index (χ2n) is 2.48. The van der Waals surface area contributed by atoms with Crippen LogP contribution >= 0.6 is 0 Å². The number of hydrogen-bond acceptors (Lipinski definition) is 2. The lowest BCUT2D eigenvalue weighted by Crippen LogP contribution is -2.17. The third kappa shape index (κ3) is 3.58. The van der Waals surface area contributed by atoms with E-state index in [9.17, 15) is 4.79 Å². The number of nitrogens with one attached hydrogen (secondary N) is 1. The van der Waals surface area contributed by atoms with E-state index in [1.165, 1.54) is 0 Å². The van der Waals surface area contributed by atoms with Crippen molar-refractivity contribution in [1.29, 1.82) is 0 Å². The Morgan fingerprint density at radius 2 is 2.07 bits per heavy atom. The van der Waals surface area contributed by atoms with Gasteiger partial charge in [-0.05, 0) is 17.7 Å². The lowest BCUT2D eigenvalue weighted by Gasteiger charge is -2.01. The highest BCUT2D eigenvalue weighted by molar-refractivity contribution is 5.94. The zero-order chi connectivity index (χ0) is 11.0. The Morgan fingerprint density at radius 3 is 2.57 bits per heavy atom. The van der Waals surface area contributed by atoms with Crippen molar-refractivity contribution < 1.29 is 4.79 Å². The number of carbonyl (C=O) groups is 1. The number of benzene rings is 1. The first-order valence-electron chi connectivity index (χ1n) is 4.79. The molecule has 3 heteroatoms. The summed E-state index contributed by atoms with van der Waals surface area (Å²) in [7, 11) is 1.61. The summed E-state index contributed by atoms with van der Waals surface area (Å²) in [5.74, 6) is -0.0784. The van der Waals surface area contributed by atoms with Gasteiger partial charge in [0, 0.05) is 19.2 Å². The van der Waals surface area contributed by atoms with Crippen LogP contribution in [0.4, 0.5) is 0 Å². The van der Waals surface area contributed by atoms with Gasteiger partial charge in [0.15, 0.2) is 0 Å². The fourth-order valence-corrected chi connectivity index (χ4v) is 0.984. The average Bonchev–Trinajstić information content (AvgIpc) is 2.30. The van der Waals surface area contributed by atoms with E-state index in [1.54, 1.807) is 19.2 Å². The zero-order valence-electron chi connectivity index (χ0n) is 9.00. The summed E-state index contributed by atoms with van der Waals surface area (Å²) in [4.78, 5) is 11.1. The van der Waals surface area contributed by atoms with Crippen molar-refractivity contribution in [3.05, 3.63) is 35.4 Å². The predicted molar refractivity (Wildman–Crippen MR) is 59.1 cm³/mol. The van der Waals surface area contributed by atoms with Crippen molar-refractivity contribution in [2.45, 2.75) is 20.4 Å². The summed E-state index contributed by atoms with van der Waals surface area (Å²) < 4.78 is 0. The molecule has 1 rings (SSSR count). The number of carbonyl (C=O) groups excluding carboxylic acids is 1. The largest absolute Gasteiger partial charge is 0.355 e. The normalized spacial score (nSPS) is 8.57. The van der Waals surface area contributed by atoms with Crippen LogP contribution in [-0.4, -0.2) is 13.0 Å². The van der Waals surface area contributed by atoms with Gasteiger partial charge in [-0.1, -0.05) is 26.0 Å². The summed E-state index contributed by atoms with van der Waals surface area (Å²) >= 11 is 0. The molecule has 1 aromatic carbocycles. The molecule has 14 heavy (non-hydrogen) atoms. The molecule has 0 unspecified atom stereocenters. The smallest absolute Gasteiger partial charge is 0.251 e. The molecule has 0 saturated heterocycles. The third-order valence-electron chi connectivity index (χ3n) is 1.65. The van der Waals surface area contributed by atoms with Crippen molar-refractivity contribution in [2.75, 3.05) is 7.05 Å². The first kappa shape index (κ1) is 12.7. The maximum Gasteiger partial charge on any atom is 0.251 e. The summed E-state index contributed by atoms with van der Waals surface area (Å²) in [5.41, 5.74) is 7.05. The van der Waals surface area contributed by atoms with Crippen LogP contribution in [0.25, 0.3) is 0 Å². The van der Waals surface area contributed by atoms with E-state index in [2.05, 4.69) is 5.32 Å². The van der Waals surface area contributed by atoms with Gasteiger partial charge in [0.25, 0.3) is 5.91 Å². The first-order chi connectivity index (χ1) is 6.77. The van der Waals surface area contributed by atoms with E-state index in [0.29, 0.717) is 12.1 Å². The zero-order valence-corrected chi connectivity index (χ0v) is 9.00. The molecule has 0 spiro atoms. The maximum absolute atomic E-state index is 11.1. The SMILES string of the molecule is CC.CNC(=O)c1cccc(CN)c1. The minimum absolute atomic E-state index is 0.0784. The van der Waals surface area contributed by atoms with Crippen molar-refractivity contribution in [3.8, 4) is 0 Å². The molecule has 1 amide bonds. The van der Waals surface area contributed by atoms with Gasteiger partial charge in [-0.2, -0.15) is 0 Å². The number of nitrogens with two attached hydrogens (primary N) is 1. The van der Waals surface area contributed by atoms with Crippen LogP contribution in [0.5, 0.6) is 0 Å². The van der Waals surface area contributed by atoms with Crippen LogP contribution in [0.15, 0.2) is 24.3 Å². The van der Waals surface area contributed by atoms with E-state index >= 15 is 0 Å². The van der Waals surface area contributed by atoms with E-state index in [-0.39, 0.29) is 5.91 Å². The standard InChI is InChI=1S/C9H12N2O.C2H6/c1-11-9(12)8-4-2-3-7(5-8)6-10;1-2/h2-5H,6,10H2,1H3,(H,11,12);1-2H3. The lowest BCUT2D eigenvalue weighted by atomic mass is 10.1. The Bertz CT molecular complexity index is 284. The molecule has 0 saturated carbocycles. The molecule has 0 radical (unpaired) electrons. The molecule has 0 aliphatic rings. The topological polar surface area (TPSA) is 55.1 Å². The van der Waals surface area contributed by atoms with Gasteiger partial charge in [-0.15, -0.1) is 0 Å². The fourth-order valence-electron chi connectivity index (χ4n) is 0.984. The Hall–Kier alpha value is -1.35. The number of rotatable bonds is 2. The quantitative estimate of drug-likeness (QED) is 0.750. The summed E-state index contributed by atoms with van der Waals surface area (Å²) in [6, 6.07) is 7.27. The lowest BCUT2D eigenvalue weighted by molar-refractivity contribution is 0.0963. The van der Waals surface area contributed by atoms with Gasteiger partial charge in [0.2, 0.25) is 0 Å². The van der Waals surface area contributed by atoms with Crippen LogP contribution in [0.3, 0.4) is 0 Å². The number of amides is 1. The van der Waals surface area contributed by atoms with Gasteiger partial charge >= 0.3 is 0 Å². The van der Waals surface area contributed by atoms with Gasteiger partial charge in [-0.25, -0.2) is 0 Å². The average molecular weight is 194 g/mol. The van der Waals surface area contributed by atoms with Crippen molar-refractivity contribution in [2.24, 2.45) is 5.73 Å². The highest BCUT2D eigenvalue weighted by atomic mass is 16.1. The molecule has 0 aliphatic carbocycles. The highest BCUT2D eigenvalue weighted by Crippen LogP contribution is 2.03. The molecule has 0 fully saturated rings. The Morgan fingerprint density at radius 1 is 1.43 bits per heavy atom. The number of hydrogen-bond donors (Lipinski definition) is 2. The minimum Gasteiger partial charge on any atom is -0.355 e. The van der Waals surface area contributed by atoms with Gasteiger partial charge < -0.3 is 11.1 Å². The van der Waals surface area contributed by atoms with Crippen molar-refractivity contribution >= 4 is 5.91 Å². The molecule has 3 nitrogen and oxygen atoms in total. The Labute approximate surface area is 85.3 Å². The molecule has 1 aromatic rings. The molecule has 0 heterocycles. The second kappa shape index (κ2) is 7.09. The summed E-state index contributed by atoms with van der Waals surface area (Å²) in [6.45, 7) is 4.46. The summed E-state index contributed by atoms with van der Waals surface area (Å²) in [5, 5.41) is 2.55. The van der Waals surface area contributed by atoms with E-state index in [0.717, 1.165) is 5.56 Å². The van der Waals surface area contributed by atoms with Gasteiger partial charge in [-0.3, -0.25) is 4.79 Å². The van der Waals surface area contributed by atoms with Gasteiger partial charge in [0.05, 0.1) is 0 Å². The van der Waals surface area contributed by atoms with Crippen LogP contribution in [0.1, 0.15) is 29.8 Å². The maximum atomic E-state index is 11.1. The molecular weight excluding hydrogens is 176 g/mol. The van der Waals surface area contributed by atoms with Crippen LogP contribution in [-0.2, 0) is 6.54 Å². The first-order valence-corrected chi connectivity index (χ1v) is 4.79. The van der Waals surface area contributed by atoms with E-state index < -0.39 is 0 Å². The fraction of sp³-hybridized carbons (Fsp3) is 0.364. The predicted octanol–water partition coefficient (Wildman–Crippen LogP) is 1.53. The van der Waals surface area contributed by atoms with Crippen LogP contribution in [0, 0.1) is 0 Å². The summed E-state index contributed by atoms with van der Waals surface area (Å²) in [6.07, 6.45) is 0. The monoisotopic (exact) mass is 194 g/mol. The molecule has 0 atom stereocenters. The van der Waals surface area contributed by atoms with Crippen LogP contribution < -0.4 is 11.1 Å². The molecule has 3 N–H and O–H groups in total. The third-order valence-corrected chi connectivity index (χ3v) is 1.65. The molecular formula is C11H18N2O. The Kier molecular flexibility index (Phi) is 6.41. The van der Waals surface area contributed by atoms with Gasteiger partial charge in [0.1, 0.15) is 0 Å². The minimum atomic E-state index is -0.0784. The Balaban J connectivity index is 0.000000791. The second-order valence-corrected chi connectivity index (χ2v) is 2.48. The van der Waals surface area contributed by atoms with E-state index in [1.807, 2.05) is 26.0 Å². The molecule has 0 aromatic heterocycles. The molecule has 78 valence electrons. The molecule has 0 aliphatic heterocycles. The van der Waals surface area contributed by atoms with E-state index in [4.69, 9.17) is 5.73 Å². The molecule has 0 bridgehead atoms. The van der Waals surface area contributed by atoms with Crippen molar-refractivity contribution in [1.82, 2.24) is 5.32 Å².